The van der Waals surface area contributed by atoms with Crippen LogP contribution in [0.15, 0.2) is 62.3 Å². The van der Waals surface area contributed by atoms with E-state index in [-0.39, 0.29) is 34.3 Å². The number of hydrogen-bond donors (Lipinski definition) is 1. The first-order valence-electron chi connectivity index (χ1n) is 11.3. The fraction of sp³-hybridized carbons (Fsp3) is 0.375. The van der Waals surface area contributed by atoms with Crippen LogP contribution in [0.3, 0.4) is 0 Å². The van der Waals surface area contributed by atoms with Gasteiger partial charge in [-0.25, -0.2) is 0 Å². The summed E-state index contributed by atoms with van der Waals surface area (Å²) in [4.78, 5) is 27.7. The van der Waals surface area contributed by atoms with Crippen molar-refractivity contribution in [2.45, 2.75) is 54.7 Å². The van der Waals surface area contributed by atoms with E-state index in [1.54, 1.807) is 36.4 Å². The molecule has 186 valence electrons. The van der Waals surface area contributed by atoms with Crippen molar-refractivity contribution in [2.24, 2.45) is 4.40 Å². The van der Waals surface area contributed by atoms with Gasteiger partial charge >= 0.3 is 0 Å². The van der Waals surface area contributed by atoms with Crippen LogP contribution >= 0.6 is 27.7 Å². The third-order valence-corrected chi connectivity index (χ3v) is 9.02. The molecule has 2 aromatic rings. The van der Waals surface area contributed by atoms with Gasteiger partial charge in [-0.3, -0.25) is 14.5 Å². The van der Waals surface area contributed by atoms with E-state index in [4.69, 9.17) is 4.74 Å². The fourth-order valence-corrected chi connectivity index (χ4v) is 6.86. The Balaban J connectivity index is 1.56. The molecule has 2 aliphatic rings. The smallest absolute Gasteiger partial charge is 0.284 e. The quantitative estimate of drug-likeness (QED) is 0.504. The number of ether oxygens (including phenoxy) is 1. The van der Waals surface area contributed by atoms with Crippen molar-refractivity contribution in [1.82, 2.24) is 4.90 Å². The zero-order chi connectivity index (χ0) is 25.0. The normalized spacial score (nSPS) is 20.3. The predicted molar refractivity (Wildman–Crippen MR) is 140 cm³/mol. The lowest BCUT2D eigenvalue weighted by molar-refractivity contribution is -0.130. The number of nitrogens with one attached hydrogen (secondary N) is 1. The first-order valence-corrected chi connectivity index (χ1v) is 14.4. The van der Waals surface area contributed by atoms with Crippen molar-refractivity contribution in [3.05, 3.63) is 53.0 Å². The molecule has 1 saturated carbocycles. The van der Waals surface area contributed by atoms with Gasteiger partial charge in [0.15, 0.2) is 5.17 Å². The van der Waals surface area contributed by atoms with E-state index in [0.717, 1.165) is 48.3 Å². The number of rotatable bonds is 7. The van der Waals surface area contributed by atoms with E-state index >= 15 is 0 Å². The summed E-state index contributed by atoms with van der Waals surface area (Å²) in [7, 11) is -2.49. The van der Waals surface area contributed by atoms with E-state index in [0.29, 0.717) is 11.4 Å². The molecule has 0 bridgehead atoms. The Hall–Kier alpha value is -2.37. The van der Waals surface area contributed by atoms with Crippen LogP contribution in [0.2, 0.25) is 0 Å². The van der Waals surface area contributed by atoms with E-state index in [1.807, 2.05) is 0 Å². The number of benzene rings is 2. The number of sulfonamides is 1. The number of carbonyl (C=O) groups is 2. The molecule has 0 spiro atoms. The van der Waals surface area contributed by atoms with Crippen LogP contribution < -0.4 is 10.1 Å². The van der Waals surface area contributed by atoms with Crippen LogP contribution in [0, 0.1) is 0 Å². The van der Waals surface area contributed by atoms with Crippen molar-refractivity contribution >= 4 is 60.4 Å². The molecule has 1 heterocycles. The highest BCUT2D eigenvalue weighted by Crippen LogP contribution is 2.36. The molecule has 1 saturated heterocycles. The van der Waals surface area contributed by atoms with Gasteiger partial charge in [-0.05, 0) is 49.2 Å². The van der Waals surface area contributed by atoms with Crippen molar-refractivity contribution in [1.29, 1.82) is 0 Å². The summed E-state index contributed by atoms with van der Waals surface area (Å²) in [6.07, 6.45) is 4.49. The molecule has 0 radical (unpaired) electrons. The number of thioether (sulfide) groups is 1. The van der Waals surface area contributed by atoms with Gasteiger partial charge in [-0.15, -0.1) is 4.40 Å². The second-order valence-corrected chi connectivity index (χ2v) is 12.1. The van der Waals surface area contributed by atoms with Crippen LogP contribution in [0.4, 0.5) is 5.69 Å². The second-order valence-electron chi connectivity index (χ2n) is 8.39. The van der Waals surface area contributed by atoms with Crippen molar-refractivity contribution in [2.75, 3.05) is 12.4 Å². The molecule has 0 unspecified atom stereocenters. The van der Waals surface area contributed by atoms with Crippen molar-refractivity contribution < 1.29 is 22.7 Å². The van der Waals surface area contributed by atoms with Gasteiger partial charge in [0.05, 0.1) is 12.0 Å². The SMILES string of the molecule is COc1cccc(NC(=O)C[C@H]2SC(=NS(=O)(=O)c3ccc(Br)cc3)N(C3CCCCC3)C2=O)c1. The number of amidine groups is 1. The topological polar surface area (TPSA) is 105 Å². The third kappa shape index (κ3) is 6.25. The molecule has 1 N–H and O–H groups in total. The average molecular weight is 581 g/mol. The summed E-state index contributed by atoms with van der Waals surface area (Å²) in [5, 5.41) is 2.18. The lowest BCUT2D eigenvalue weighted by Crippen LogP contribution is -2.42. The minimum atomic E-state index is -4.03. The Bertz CT molecular complexity index is 1230. The molecular formula is C24H26BrN3O5S2. The van der Waals surface area contributed by atoms with Gasteiger partial charge in [-0.1, -0.05) is 53.0 Å². The van der Waals surface area contributed by atoms with Gasteiger partial charge in [0.2, 0.25) is 11.8 Å². The third-order valence-electron chi connectivity index (χ3n) is 5.94. The Morgan fingerprint density at radius 1 is 1.17 bits per heavy atom. The molecule has 8 nitrogen and oxygen atoms in total. The van der Waals surface area contributed by atoms with Gasteiger partial charge in [-0.2, -0.15) is 8.42 Å². The summed E-state index contributed by atoms with van der Waals surface area (Å²) in [6.45, 7) is 0. The highest BCUT2D eigenvalue weighted by molar-refractivity contribution is 9.10. The van der Waals surface area contributed by atoms with Gasteiger partial charge in [0.1, 0.15) is 11.0 Å². The molecular weight excluding hydrogens is 554 g/mol. The van der Waals surface area contributed by atoms with Crippen LogP contribution in [-0.2, 0) is 19.6 Å². The van der Waals surface area contributed by atoms with Crippen molar-refractivity contribution in [3.63, 3.8) is 0 Å². The van der Waals surface area contributed by atoms with Gasteiger partial charge < -0.3 is 10.1 Å². The highest BCUT2D eigenvalue weighted by Gasteiger charge is 2.43. The molecule has 35 heavy (non-hydrogen) atoms. The number of hydrogen-bond acceptors (Lipinski definition) is 6. The summed E-state index contributed by atoms with van der Waals surface area (Å²) in [6, 6.07) is 13.0. The summed E-state index contributed by atoms with van der Waals surface area (Å²) >= 11 is 4.34. The highest BCUT2D eigenvalue weighted by atomic mass is 79.9. The summed E-state index contributed by atoms with van der Waals surface area (Å²) in [5.74, 6) is -0.0117. The number of amides is 2. The Kier molecular flexibility index (Phi) is 8.18. The minimum absolute atomic E-state index is 0.0454. The predicted octanol–water partition coefficient (Wildman–Crippen LogP) is 4.81. The Labute approximate surface area is 217 Å². The lowest BCUT2D eigenvalue weighted by Gasteiger charge is -2.30. The van der Waals surface area contributed by atoms with Crippen LogP contribution in [-0.4, -0.2) is 48.7 Å². The van der Waals surface area contributed by atoms with E-state index < -0.39 is 15.3 Å². The maximum absolute atomic E-state index is 13.4. The largest absolute Gasteiger partial charge is 0.497 e. The zero-order valence-electron chi connectivity index (χ0n) is 19.1. The molecule has 2 aromatic carbocycles. The first kappa shape index (κ1) is 25.7. The van der Waals surface area contributed by atoms with E-state index in [9.17, 15) is 18.0 Å². The minimum Gasteiger partial charge on any atom is -0.497 e. The maximum Gasteiger partial charge on any atom is 0.284 e. The second kappa shape index (κ2) is 11.1. The first-order chi connectivity index (χ1) is 16.8. The van der Waals surface area contributed by atoms with Crippen LogP contribution in [0.1, 0.15) is 38.5 Å². The average Bonchev–Trinajstić information content (AvgIpc) is 3.13. The Morgan fingerprint density at radius 3 is 2.57 bits per heavy atom. The monoisotopic (exact) mass is 579 g/mol. The summed E-state index contributed by atoms with van der Waals surface area (Å²) in [5.41, 5.74) is 0.556. The molecule has 1 atom stereocenters. The van der Waals surface area contributed by atoms with Gasteiger partial charge in [0.25, 0.3) is 10.0 Å². The number of carbonyl (C=O) groups excluding carboxylic acids is 2. The summed E-state index contributed by atoms with van der Waals surface area (Å²) < 4.78 is 36.0. The van der Waals surface area contributed by atoms with Crippen LogP contribution in [0.5, 0.6) is 5.75 Å². The molecule has 2 fully saturated rings. The van der Waals surface area contributed by atoms with E-state index in [1.165, 1.54) is 24.1 Å². The standard InChI is InChI=1S/C24H26BrN3O5S2/c1-33-19-9-5-6-17(14-19)26-22(29)15-21-23(30)28(18-7-3-2-4-8-18)24(34-21)27-35(31,32)20-12-10-16(25)11-13-20/h5-6,9-14,18,21H,2-4,7-8,15H2,1H3,(H,26,29)/t21-/m1/s1. The fourth-order valence-electron chi connectivity index (χ4n) is 4.20. The molecule has 1 aliphatic carbocycles. The van der Waals surface area contributed by atoms with Crippen LogP contribution in [0.25, 0.3) is 0 Å². The van der Waals surface area contributed by atoms with Gasteiger partial charge in [0, 0.05) is 28.7 Å². The molecule has 4 rings (SSSR count). The molecule has 2 amide bonds. The lowest BCUT2D eigenvalue weighted by atomic mass is 9.94. The number of halogens is 1. The zero-order valence-corrected chi connectivity index (χ0v) is 22.4. The molecule has 1 aliphatic heterocycles. The Morgan fingerprint density at radius 2 is 1.89 bits per heavy atom. The molecule has 0 aromatic heterocycles. The number of anilines is 1. The maximum atomic E-state index is 13.4. The molecule has 11 heteroatoms. The van der Waals surface area contributed by atoms with Crippen molar-refractivity contribution in [3.8, 4) is 5.75 Å². The number of nitrogens with zero attached hydrogens (tertiary/aromatic N) is 2. The van der Waals surface area contributed by atoms with E-state index in [2.05, 4.69) is 25.6 Å². The number of methoxy groups -OCH3 is 1.